The van der Waals surface area contributed by atoms with Gasteiger partial charge < -0.3 is 14.8 Å². The summed E-state index contributed by atoms with van der Waals surface area (Å²) in [6.45, 7) is 8.07. The van der Waals surface area contributed by atoms with Gasteiger partial charge in [-0.2, -0.15) is 0 Å². The third-order valence-electron chi connectivity index (χ3n) is 2.79. The largest absolute Gasteiger partial charge is 0.444 e. The third kappa shape index (κ3) is 8.50. The van der Waals surface area contributed by atoms with Crippen molar-refractivity contribution in [1.29, 1.82) is 0 Å². The Morgan fingerprint density at radius 2 is 1.83 bits per heavy atom. The molecule has 0 aliphatic rings. The van der Waals surface area contributed by atoms with Crippen molar-refractivity contribution < 1.29 is 19.1 Å². The molecule has 24 heavy (non-hydrogen) atoms. The van der Waals surface area contributed by atoms with Crippen LogP contribution in [0.25, 0.3) is 0 Å². The van der Waals surface area contributed by atoms with E-state index in [4.69, 9.17) is 9.47 Å². The third-order valence-corrected chi connectivity index (χ3v) is 2.79. The Hall–Kier alpha value is -2.12. The van der Waals surface area contributed by atoms with E-state index in [1.807, 2.05) is 37.3 Å². The van der Waals surface area contributed by atoms with Gasteiger partial charge in [0, 0.05) is 6.54 Å². The number of rotatable bonds is 8. The normalized spacial score (nSPS) is 12.3. The summed E-state index contributed by atoms with van der Waals surface area (Å²) in [6.07, 6.45) is -0.664. The maximum atomic E-state index is 12.1. The predicted octanol–water partition coefficient (Wildman–Crippen LogP) is 1.74. The van der Waals surface area contributed by atoms with Crippen molar-refractivity contribution in [2.45, 2.75) is 45.9 Å². The molecule has 0 saturated carbocycles. The van der Waals surface area contributed by atoms with Gasteiger partial charge in [-0.05, 0) is 26.3 Å². The first-order valence-corrected chi connectivity index (χ1v) is 7.95. The molecule has 0 radical (unpaired) electrons. The van der Waals surface area contributed by atoms with Crippen molar-refractivity contribution in [1.82, 2.24) is 16.2 Å². The lowest BCUT2D eigenvalue weighted by molar-refractivity contribution is -0.125. The van der Waals surface area contributed by atoms with E-state index in [1.54, 1.807) is 20.8 Å². The zero-order chi connectivity index (χ0) is 18.0. The van der Waals surface area contributed by atoms with E-state index in [-0.39, 0.29) is 6.61 Å². The van der Waals surface area contributed by atoms with Crippen LogP contribution in [0.15, 0.2) is 30.3 Å². The zero-order valence-electron chi connectivity index (χ0n) is 14.7. The molecule has 0 aromatic heterocycles. The van der Waals surface area contributed by atoms with Crippen molar-refractivity contribution in [2.75, 3.05) is 13.2 Å². The van der Waals surface area contributed by atoms with Crippen molar-refractivity contribution in [3.8, 4) is 0 Å². The Morgan fingerprint density at radius 3 is 2.42 bits per heavy atom. The Labute approximate surface area is 143 Å². The predicted molar refractivity (Wildman–Crippen MR) is 91.1 cm³/mol. The molecule has 3 N–H and O–H groups in total. The molecular formula is C17H27N3O4. The SMILES string of the molecule is CCNNC(=O)C(COCc1ccccc1)NC(=O)OC(C)(C)C. The van der Waals surface area contributed by atoms with E-state index in [0.29, 0.717) is 13.2 Å². The highest BCUT2D eigenvalue weighted by atomic mass is 16.6. The first kappa shape index (κ1) is 19.9. The average Bonchev–Trinajstić information content (AvgIpc) is 2.51. The van der Waals surface area contributed by atoms with Crippen LogP contribution in [0.4, 0.5) is 4.79 Å². The minimum absolute atomic E-state index is 0.0331. The lowest BCUT2D eigenvalue weighted by atomic mass is 10.2. The van der Waals surface area contributed by atoms with E-state index >= 15 is 0 Å². The van der Waals surface area contributed by atoms with Crippen LogP contribution in [0, 0.1) is 0 Å². The number of benzene rings is 1. The van der Waals surface area contributed by atoms with Crippen LogP contribution < -0.4 is 16.2 Å². The second-order valence-corrected chi connectivity index (χ2v) is 6.22. The Bertz CT molecular complexity index is 514. The summed E-state index contributed by atoms with van der Waals surface area (Å²) >= 11 is 0. The smallest absolute Gasteiger partial charge is 0.408 e. The van der Waals surface area contributed by atoms with Crippen molar-refractivity contribution in [2.24, 2.45) is 0 Å². The molecule has 0 aliphatic heterocycles. The van der Waals surface area contributed by atoms with Gasteiger partial charge in [-0.3, -0.25) is 10.2 Å². The van der Waals surface area contributed by atoms with Crippen molar-refractivity contribution in [3.63, 3.8) is 0 Å². The molecule has 0 saturated heterocycles. The van der Waals surface area contributed by atoms with Gasteiger partial charge in [0.25, 0.3) is 5.91 Å². The van der Waals surface area contributed by atoms with Gasteiger partial charge in [-0.1, -0.05) is 37.3 Å². The zero-order valence-corrected chi connectivity index (χ0v) is 14.7. The Balaban J connectivity index is 2.56. The first-order chi connectivity index (χ1) is 11.3. The Morgan fingerprint density at radius 1 is 1.17 bits per heavy atom. The molecule has 1 aromatic rings. The molecule has 1 atom stereocenters. The molecule has 0 heterocycles. The topological polar surface area (TPSA) is 88.7 Å². The minimum Gasteiger partial charge on any atom is -0.444 e. The molecule has 2 amide bonds. The lowest BCUT2D eigenvalue weighted by Crippen LogP contribution is -2.53. The summed E-state index contributed by atoms with van der Waals surface area (Å²) in [5.41, 5.74) is 5.57. The summed E-state index contributed by atoms with van der Waals surface area (Å²) < 4.78 is 10.7. The number of carbonyl (C=O) groups is 2. The minimum atomic E-state index is -0.859. The number of alkyl carbamates (subject to hydrolysis) is 1. The molecule has 0 spiro atoms. The number of amides is 2. The maximum Gasteiger partial charge on any atom is 0.408 e. The van der Waals surface area contributed by atoms with Crippen LogP contribution in [0.3, 0.4) is 0 Å². The van der Waals surface area contributed by atoms with Crippen LogP contribution in [0.2, 0.25) is 0 Å². The summed E-state index contributed by atoms with van der Waals surface area (Å²) in [5.74, 6) is -0.393. The lowest BCUT2D eigenvalue weighted by Gasteiger charge is -2.23. The molecule has 1 aromatic carbocycles. The highest BCUT2D eigenvalue weighted by Gasteiger charge is 2.24. The quantitative estimate of drug-likeness (QED) is 0.629. The van der Waals surface area contributed by atoms with E-state index in [9.17, 15) is 9.59 Å². The second kappa shape index (κ2) is 9.89. The number of hydrogen-bond donors (Lipinski definition) is 3. The van der Waals surface area contributed by atoms with Crippen LogP contribution >= 0.6 is 0 Å². The number of hydrogen-bond acceptors (Lipinski definition) is 5. The summed E-state index contributed by atoms with van der Waals surface area (Å²) in [6, 6.07) is 8.73. The fourth-order valence-electron chi connectivity index (χ4n) is 1.76. The summed E-state index contributed by atoms with van der Waals surface area (Å²) in [5, 5.41) is 2.53. The first-order valence-electron chi connectivity index (χ1n) is 7.95. The van der Waals surface area contributed by atoms with Gasteiger partial charge in [0.05, 0.1) is 13.2 Å². The van der Waals surface area contributed by atoms with E-state index < -0.39 is 23.6 Å². The van der Waals surface area contributed by atoms with Gasteiger partial charge in [0.1, 0.15) is 11.6 Å². The molecule has 1 rings (SSSR count). The molecule has 134 valence electrons. The van der Waals surface area contributed by atoms with Crippen molar-refractivity contribution >= 4 is 12.0 Å². The van der Waals surface area contributed by atoms with Gasteiger partial charge in [0.2, 0.25) is 0 Å². The molecule has 0 fully saturated rings. The van der Waals surface area contributed by atoms with E-state index in [0.717, 1.165) is 5.56 Å². The number of hydrazine groups is 1. The molecule has 7 nitrogen and oxygen atoms in total. The van der Waals surface area contributed by atoms with Crippen LogP contribution in [-0.2, 0) is 20.9 Å². The van der Waals surface area contributed by atoms with E-state index in [1.165, 1.54) is 0 Å². The van der Waals surface area contributed by atoms with Gasteiger partial charge in [0.15, 0.2) is 0 Å². The number of carbonyl (C=O) groups excluding carboxylic acids is 2. The molecule has 0 aliphatic carbocycles. The van der Waals surface area contributed by atoms with Crippen LogP contribution in [0.1, 0.15) is 33.3 Å². The standard InChI is InChI=1S/C17H27N3O4/c1-5-18-20-15(21)14(19-16(22)24-17(2,3)4)12-23-11-13-9-7-6-8-10-13/h6-10,14,18H,5,11-12H2,1-4H3,(H,19,22)(H,20,21). The van der Waals surface area contributed by atoms with Gasteiger partial charge in [-0.15, -0.1) is 0 Å². The number of nitrogens with one attached hydrogen (secondary N) is 3. The fraction of sp³-hybridized carbons (Fsp3) is 0.529. The Kier molecular flexibility index (Phi) is 8.21. The van der Waals surface area contributed by atoms with Crippen LogP contribution in [-0.4, -0.2) is 36.8 Å². The highest BCUT2D eigenvalue weighted by Crippen LogP contribution is 2.07. The maximum absolute atomic E-state index is 12.1. The molecule has 0 bridgehead atoms. The monoisotopic (exact) mass is 337 g/mol. The van der Waals surface area contributed by atoms with Gasteiger partial charge >= 0.3 is 6.09 Å². The fourth-order valence-corrected chi connectivity index (χ4v) is 1.76. The van der Waals surface area contributed by atoms with Crippen LogP contribution in [0.5, 0.6) is 0 Å². The van der Waals surface area contributed by atoms with Crippen molar-refractivity contribution in [3.05, 3.63) is 35.9 Å². The molecule has 1 unspecified atom stereocenters. The average molecular weight is 337 g/mol. The molecule has 7 heteroatoms. The van der Waals surface area contributed by atoms with E-state index in [2.05, 4.69) is 16.2 Å². The number of ether oxygens (including phenoxy) is 2. The highest BCUT2D eigenvalue weighted by molar-refractivity contribution is 5.85. The summed E-state index contributed by atoms with van der Waals surface area (Å²) in [7, 11) is 0. The van der Waals surface area contributed by atoms with Gasteiger partial charge in [-0.25, -0.2) is 10.2 Å². The molecular weight excluding hydrogens is 310 g/mol. The second-order valence-electron chi connectivity index (χ2n) is 6.22. The summed E-state index contributed by atoms with van der Waals surface area (Å²) in [4.78, 5) is 24.0.